The van der Waals surface area contributed by atoms with Gasteiger partial charge in [0.15, 0.2) is 0 Å². The van der Waals surface area contributed by atoms with Crippen molar-refractivity contribution in [1.82, 2.24) is 0 Å². The van der Waals surface area contributed by atoms with Crippen molar-refractivity contribution in [1.29, 1.82) is 0 Å². The van der Waals surface area contributed by atoms with Crippen molar-refractivity contribution in [2.45, 2.75) is 19.9 Å². The number of nitrogens with two attached hydrogens (primary N) is 1. The number of hydrogen-bond acceptors (Lipinski definition) is 3. The van der Waals surface area contributed by atoms with Crippen LogP contribution in [0.5, 0.6) is 0 Å². The van der Waals surface area contributed by atoms with Crippen LogP contribution < -0.4 is 5.73 Å². The lowest BCUT2D eigenvalue weighted by Crippen LogP contribution is -2.10. The Kier molecular flexibility index (Phi) is 2.87. The molecule has 1 unspecified atom stereocenters. The van der Waals surface area contributed by atoms with Crippen LogP contribution in [-0.2, 0) is 0 Å². The summed E-state index contributed by atoms with van der Waals surface area (Å²) in [6, 6.07) is 3.72. The third kappa shape index (κ3) is 1.95. The van der Waals surface area contributed by atoms with Gasteiger partial charge in [0.25, 0.3) is 0 Å². The van der Waals surface area contributed by atoms with E-state index in [1.54, 1.807) is 6.26 Å². The molecule has 2 aromatic heterocycles. The van der Waals surface area contributed by atoms with Crippen LogP contribution in [0.15, 0.2) is 22.8 Å². The summed E-state index contributed by atoms with van der Waals surface area (Å²) in [6.07, 6.45) is 1.66. The van der Waals surface area contributed by atoms with Gasteiger partial charge in [-0.25, -0.2) is 0 Å². The summed E-state index contributed by atoms with van der Waals surface area (Å²) in [5, 5.41) is 0. The third-order valence-corrected chi connectivity index (χ3v) is 4.01. The molecular formula is C11H12ClNOS. The lowest BCUT2D eigenvalue weighted by molar-refractivity contribution is 0.489. The van der Waals surface area contributed by atoms with Gasteiger partial charge in [0.05, 0.1) is 16.6 Å². The standard InChI is InChI=1S/C11H12ClNOS/c1-6-3-4-14-10(6)9(13)8-5-7(2)11(12)15-8/h3-5,9H,13H2,1-2H3. The van der Waals surface area contributed by atoms with E-state index in [-0.39, 0.29) is 6.04 Å². The Morgan fingerprint density at radius 2 is 2.13 bits per heavy atom. The van der Waals surface area contributed by atoms with Gasteiger partial charge in [0.1, 0.15) is 5.76 Å². The van der Waals surface area contributed by atoms with E-state index in [4.69, 9.17) is 21.8 Å². The monoisotopic (exact) mass is 241 g/mol. The molecule has 0 amide bonds. The molecule has 0 radical (unpaired) electrons. The Bertz CT molecular complexity index is 455. The summed E-state index contributed by atoms with van der Waals surface area (Å²) in [6.45, 7) is 3.96. The minimum Gasteiger partial charge on any atom is -0.467 e. The maximum Gasteiger partial charge on any atom is 0.128 e. The zero-order chi connectivity index (χ0) is 11.0. The minimum absolute atomic E-state index is 0.212. The fraction of sp³-hybridized carbons (Fsp3) is 0.273. The molecule has 0 aromatic carbocycles. The van der Waals surface area contributed by atoms with E-state index in [1.807, 2.05) is 26.0 Å². The molecule has 0 fully saturated rings. The molecule has 80 valence electrons. The van der Waals surface area contributed by atoms with Gasteiger partial charge in [-0.2, -0.15) is 0 Å². The Hall–Kier alpha value is -0.770. The number of furan rings is 1. The minimum atomic E-state index is -0.212. The number of thiophene rings is 1. The van der Waals surface area contributed by atoms with Crippen molar-refractivity contribution in [3.05, 3.63) is 44.5 Å². The predicted octanol–water partition coefficient (Wildman–Crippen LogP) is 3.66. The molecular weight excluding hydrogens is 230 g/mol. The van der Waals surface area contributed by atoms with Crippen LogP contribution in [0.1, 0.15) is 27.8 Å². The average molecular weight is 242 g/mol. The van der Waals surface area contributed by atoms with Crippen molar-refractivity contribution >= 4 is 22.9 Å². The molecule has 15 heavy (non-hydrogen) atoms. The van der Waals surface area contributed by atoms with Crippen molar-refractivity contribution in [2.24, 2.45) is 5.73 Å². The number of halogens is 1. The zero-order valence-electron chi connectivity index (χ0n) is 8.58. The lowest BCUT2D eigenvalue weighted by atomic mass is 10.1. The summed E-state index contributed by atoms with van der Waals surface area (Å²) in [5.74, 6) is 0.813. The quantitative estimate of drug-likeness (QED) is 0.872. The third-order valence-electron chi connectivity index (χ3n) is 2.37. The highest BCUT2D eigenvalue weighted by Gasteiger charge is 2.17. The summed E-state index contributed by atoms with van der Waals surface area (Å²) < 4.78 is 6.16. The van der Waals surface area contributed by atoms with Gasteiger partial charge < -0.3 is 10.2 Å². The second-order valence-electron chi connectivity index (χ2n) is 3.55. The number of aryl methyl sites for hydroxylation is 2. The molecule has 0 aliphatic carbocycles. The fourth-order valence-electron chi connectivity index (χ4n) is 1.47. The number of rotatable bonds is 2. The molecule has 4 heteroatoms. The van der Waals surface area contributed by atoms with Gasteiger partial charge in [0, 0.05) is 4.88 Å². The van der Waals surface area contributed by atoms with Gasteiger partial charge in [0.2, 0.25) is 0 Å². The summed E-state index contributed by atoms with van der Waals surface area (Å²) in [7, 11) is 0. The SMILES string of the molecule is Cc1ccoc1C(N)c1cc(C)c(Cl)s1. The average Bonchev–Trinajstić information content (AvgIpc) is 2.74. The maximum atomic E-state index is 6.10. The van der Waals surface area contributed by atoms with E-state index in [9.17, 15) is 0 Å². The van der Waals surface area contributed by atoms with Crippen LogP contribution >= 0.6 is 22.9 Å². The van der Waals surface area contributed by atoms with E-state index in [0.717, 1.165) is 26.1 Å². The first-order valence-electron chi connectivity index (χ1n) is 4.65. The molecule has 2 N–H and O–H groups in total. The van der Waals surface area contributed by atoms with Crippen LogP contribution in [0.4, 0.5) is 0 Å². The predicted molar refractivity (Wildman–Crippen MR) is 63.5 cm³/mol. The van der Waals surface area contributed by atoms with Crippen LogP contribution in [0, 0.1) is 13.8 Å². The van der Waals surface area contributed by atoms with Crippen LogP contribution in [-0.4, -0.2) is 0 Å². The molecule has 2 rings (SSSR count). The normalized spacial score (nSPS) is 13.1. The zero-order valence-corrected chi connectivity index (χ0v) is 10.2. The second kappa shape index (κ2) is 4.00. The summed E-state index contributed by atoms with van der Waals surface area (Å²) >= 11 is 7.52. The first kappa shape index (κ1) is 10.7. The van der Waals surface area contributed by atoms with Crippen molar-refractivity contribution in [3.63, 3.8) is 0 Å². The molecule has 2 aromatic rings. The highest BCUT2D eigenvalue weighted by molar-refractivity contribution is 7.16. The van der Waals surface area contributed by atoms with Gasteiger partial charge in [-0.05, 0) is 37.1 Å². The van der Waals surface area contributed by atoms with Gasteiger partial charge >= 0.3 is 0 Å². The molecule has 2 heterocycles. The van der Waals surface area contributed by atoms with Gasteiger partial charge in [-0.1, -0.05) is 11.6 Å². The largest absolute Gasteiger partial charge is 0.467 e. The van der Waals surface area contributed by atoms with E-state index in [1.165, 1.54) is 11.3 Å². The smallest absolute Gasteiger partial charge is 0.128 e. The van der Waals surface area contributed by atoms with E-state index >= 15 is 0 Å². The Morgan fingerprint density at radius 1 is 1.40 bits per heavy atom. The molecule has 0 aliphatic rings. The van der Waals surface area contributed by atoms with E-state index in [0.29, 0.717) is 0 Å². The lowest BCUT2D eigenvalue weighted by Gasteiger charge is -2.06. The number of hydrogen-bond donors (Lipinski definition) is 1. The van der Waals surface area contributed by atoms with Crippen molar-refractivity contribution in [3.8, 4) is 0 Å². The molecule has 1 atom stereocenters. The Morgan fingerprint density at radius 3 is 2.60 bits per heavy atom. The maximum absolute atomic E-state index is 6.10. The van der Waals surface area contributed by atoms with Crippen molar-refractivity contribution < 1.29 is 4.42 Å². The van der Waals surface area contributed by atoms with Gasteiger partial charge in [-0.15, -0.1) is 11.3 Å². The van der Waals surface area contributed by atoms with E-state index in [2.05, 4.69) is 0 Å². The van der Waals surface area contributed by atoms with E-state index < -0.39 is 0 Å². The van der Waals surface area contributed by atoms with Crippen LogP contribution in [0.25, 0.3) is 0 Å². The molecule has 0 saturated heterocycles. The first-order valence-corrected chi connectivity index (χ1v) is 5.84. The molecule has 0 spiro atoms. The Balaban J connectivity index is 2.36. The first-order chi connectivity index (χ1) is 7.09. The highest BCUT2D eigenvalue weighted by atomic mass is 35.5. The molecule has 0 saturated carbocycles. The fourth-order valence-corrected chi connectivity index (χ4v) is 2.69. The summed E-state index contributed by atoms with van der Waals surface area (Å²) in [5.41, 5.74) is 8.24. The molecule has 0 aliphatic heterocycles. The Labute approximate surface area is 97.7 Å². The van der Waals surface area contributed by atoms with Crippen LogP contribution in [0.3, 0.4) is 0 Å². The topological polar surface area (TPSA) is 39.2 Å². The van der Waals surface area contributed by atoms with Crippen LogP contribution in [0.2, 0.25) is 4.34 Å². The molecule has 0 bridgehead atoms. The summed E-state index contributed by atoms with van der Waals surface area (Å²) in [4.78, 5) is 1.04. The highest BCUT2D eigenvalue weighted by Crippen LogP contribution is 2.33. The second-order valence-corrected chi connectivity index (χ2v) is 5.24. The van der Waals surface area contributed by atoms with Gasteiger partial charge in [-0.3, -0.25) is 0 Å². The van der Waals surface area contributed by atoms with Crippen molar-refractivity contribution in [2.75, 3.05) is 0 Å². The molecule has 2 nitrogen and oxygen atoms in total.